The van der Waals surface area contributed by atoms with Crippen molar-refractivity contribution in [3.8, 4) is 6.01 Å². The van der Waals surface area contributed by atoms with Crippen LogP contribution in [0.2, 0.25) is 5.02 Å². The highest BCUT2D eigenvalue weighted by Gasteiger charge is 2.32. The summed E-state index contributed by atoms with van der Waals surface area (Å²) in [6.45, 7) is 4.39. The fraction of sp³-hybridized carbons (Fsp3) is 0.353. The van der Waals surface area contributed by atoms with Crippen molar-refractivity contribution in [2.75, 3.05) is 13.7 Å². The van der Waals surface area contributed by atoms with Crippen LogP contribution < -0.4 is 15.6 Å². The van der Waals surface area contributed by atoms with Crippen LogP contribution in [0.3, 0.4) is 0 Å². The molecule has 0 radical (unpaired) electrons. The summed E-state index contributed by atoms with van der Waals surface area (Å²) < 4.78 is 12.0. The first-order valence-corrected chi connectivity index (χ1v) is 8.20. The average Bonchev–Trinajstić information content (AvgIpc) is 3.06. The Morgan fingerprint density at radius 3 is 3.08 bits per heavy atom. The molecule has 1 aromatic carbocycles. The molecule has 1 aromatic heterocycles. The Balaban J connectivity index is 1.94. The molecule has 1 aliphatic rings. The maximum absolute atomic E-state index is 12.7. The number of allylic oxidation sites excluding steroid dienone is 1. The highest BCUT2D eigenvalue weighted by molar-refractivity contribution is 6.31. The molecule has 0 spiro atoms. The Hall–Kier alpha value is -2.38. The predicted octanol–water partition coefficient (Wildman–Crippen LogP) is 1.52. The molecule has 1 N–H and O–H groups in total. The van der Waals surface area contributed by atoms with Crippen LogP contribution in [0.25, 0.3) is 10.9 Å². The second-order valence-corrected chi connectivity index (χ2v) is 6.16. The lowest BCUT2D eigenvalue weighted by Crippen LogP contribution is -2.31. The van der Waals surface area contributed by atoms with E-state index >= 15 is 0 Å². The van der Waals surface area contributed by atoms with Gasteiger partial charge in [-0.05, 0) is 18.2 Å². The number of ether oxygens (including phenoxy) is 2. The third-order valence-electron chi connectivity index (χ3n) is 4.04. The number of esters is 1. The van der Waals surface area contributed by atoms with Gasteiger partial charge in [-0.3, -0.25) is 14.2 Å². The van der Waals surface area contributed by atoms with E-state index in [0.717, 1.165) is 0 Å². The van der Waals surface area contributed by atoms with Crippen molar-refractivity contribution in [2.45, 2.75) is 25.1 Å². The Bertz CT molecular complexity index is 880. The van der Waals surface area contributed by atoms with Gasteiger partial charge in [0.05, 0.1) is 18.0 Å². The normalized spacial score (nSPS) is 19.8. The number of fused-ring (bicyclic) bond motifs is 1. The molecule has 0 amide bonds. The van der Waals surface area contributed by atoms with Gasteiger partial charge in [0.15, 0.2) is 0 Å². The summed E-state index contributed by atoms with van der Waals surface area (Å²) in [5.41, 5.74) is 0.232. The molecule has 8 heteroatoms. The van der Waals surface area contributed by atoms with Crippen LogP contribution in [0.15, 0.2) is 35.6 Å². The van der Waals surface area contributed by atoms with E-state index in [-0.39, 0.29) is 30.2 Å². The summed E-state index contributed by atoms with van der Waals surface area (Å²) in [5, 5.41) is 3.97. The van der Waals surface area contributed by atoms with Gasteiger partial charge >= 0.3 is 5.97 Å². The minimum absolute atomic E-state index is 0.178. The van der Waals surface area contributed by atoms with Crippen LogP contribution in [-0.2, 0) is 16.1 Å². The maximum atomic E-state index is 12.7. The van der Waals surface area contributed by atoms with Crippen molar-refractivity contribution >= 4 is 28.5 Å². The molecule has 0 aliphatic carbocycles. The van der Waals surface area contributed by atoms with Crippen molar-refractivity contribution in [1.29, 1.82) is 0 Å². The van der Waals surface area contributed by atoms with Gasteiger partial charge in [0, 0.05) is 24.5 Å². The lowest BCUT2D eigenvalue weighted by Gasteiger charge is -2.16. The van der Waals surface area contributed by atoms with Gasteiger partial charge in [-0.25, -0.2) is 0 Å². The van der Waals surface area contributed by atoms with Gasteiger partial charge < -0.3 is 14.8 Å². The first-order chi connectivity index (χ1) is 12.0. The van der Waals surface area contributed by atoms with Crippen LogP contribution in [0.5, 0.6) is 6.01 Å². The number of carbonyl (C=O) groups excluding carboxylic acids is 1. The smallest absolute Gasteiger partial charge is 0.323 e. The van der Waals surface area contributed by atoms with E-state index < -0.39 is 6.04 Å². The van der Waals surface area contributed by atoms with Gasteiger partial charge in [-0.1, -0.05) is 17.7 Å². The molecule has 0 saturated carbocycles. The highest BCUT2D eigenvalue weighted by Crippen LogP contribution is 2.20. The number of hydrogen-bond donors (Lipinski definition) is 1. The Kier molecular flexibility index (Phi) is 5.06. The first-order valence-electron chi connectivity index (χ1n) is 7.82. The molecule has 1 saturated heterocycles. The minimum Gasteiger partial charge on any atom is -0.468 e. The Labute approximate surface area is 149 Å². The third kappa shape index (κ3) is 3.52. The number of halogens is 1. The van der Waals surface area contributed by atoms with Gasteiger partial charge in [0.2, 0.25) is 0 Å². The Morgan fingerprint density at radius 1 is 1.56 bits per heavy atom. The zero-order valence-electron chi connectivity index (χ0n) is 13.7. The second kappa shape index (κ2) is 7.25. The summed E-state index contributed by atoms with van der Waals surface area (Å²) in [6.07, 6.45) is 1.73. The SMILES string of the molecule is C=CCn1c(O[C@H]2CN[C@H](C(=O)OC)C2)nc2cc(Cl)ccc2c1=O. The quantitative estimate of drug-likeness (QED) is 0.640. The van der Waals surface area contributed by atoms with Crippen LogP contribution >= 0.6 is 11.6 Å². The maximum Gasteiger partial charge on any atom is 0.323 e. The van der Waals surface area contributed by atoms with E-state index in [1.807, 2.05) is 0 Å². The molecule has 3 rings (SSSR count). The van der Waals surface area contributed by atoms with E-state index in [1.165, 1.54) is 11.7 Å². The van der Waals surface area contributed by atoms with Crippen molar-refractivity contribution in [2.24, 2.45) is 0 Å². The summed E-state index contributed by atoms with van der Waals surface area (Å²) >= 11 is 6.00. The largest absolute Gasteiger partial charge is 0.468 e. The molecule has 0 bridgehead atoms. The third-order valence-corrected chi connectivity index (χ3v) is 4.28. The van der Waals surface area contributed by atoms with Crippen molar-refractivity contribution < 1.29 is 14.3 Å². The predicted molar refractivity (Wildman–Crippen MR) is 94.0 cm³/mol. The number of benzene rings is 1. The molecule has 2 atom stereocenters. The van der Waals surface area contributed by atoms with Crippen LogP contribution in [0, 0.1) is 0 Å². The van der Waals surface area contributed by atoms with Crippen molar-refractivity contribution in [1.82, 2.24) is 14.9 Å². The molecule has 25 heavy (non-hydrogen) atoms. The van der Waals surface area contributed by atoms with Crippen molar-refractivity contribution in [3.05, 3.63) is 46.2 Å². The number of methoxy groups -OCH3 is 1. The lowest BCUT2D eigenvalue weighted by atomic mass is 10.2. The number of hydrogen-bond acceptors (Lipinski definition) is 6. The number of nitrogens with zero attached hydrogens (tertiary/aromatic N) is 2. The molecule has 1 aliphatic heterocycles. The highest BCUT2D eigenvalue weighted by atomic mass is 35.5. The molecule has 0 unspecified atom stereocenters. The molecule has 2 heterocycles. The van der Waals surface area contributed by atoms with E-state index in [1.54, 1.807) is 24.3 Å². The summed E-state index contributed by atoms with van der Waals surface area (Å²) in [7, 11) is 1.34. The summed E-state index contributed by atoms with van der Waals surface area (Å²) in [5.74, 6) is -0.340. The Morgan fingerprint density at radius 2 is 2.36 bits per heavy atom. The number of carbonyl (C=O) groups is 1. The minimum atomic E-state index is -0.426. The monoisotopic (exact) mass is 363 g/mol. The zero-order valence-corrected chi connectivity index (χ0v) is 14.5. The van der Waals surface area contributed by atoms with E-state index in [4.69, 9.17) is 21.1 Å². The standard InChI is InChI=1S/C17H18ClN3O4/c1-3-6-21-15(22)12-5-4-10(18)7-13(12)20-17(21)25-11-8-14(19-9-11)16(23)24-2/h3-5,7,11,14,19H,1,6,8-9H2,2H3/t11-,14+/m1/s1. The van der Waals surface area contributed by atoms with Crippen molar-refractivity contribution in [3.63, 3.8) is 0 Å². The lowest BCUT2D eigenvalue weighted by molar-refractivity contribution is -0.142. The molecule has 132 valence electrons. The van der Waals surface area contributed by atoms with Gasteiger partial charge in [0.25, 0.3) is 11.6 Å². The zero-order chi connectivity index (χ0) is 18.0. The van der Waals surface area contributed by atoms with Crippen LogP contribution in [0.4, 0.5) is 0 Å². The van der Waals surface area contributed by atoms with E-state index in [9.17, 15) is 9.59 Å². The molecule has 1 fully saturated rings. The molecule has 7 nitrogen and oxygen atoms in total. The second-order valence-electron chi connectivity index (χ2n) is 5.72. The molecular formula is C17H18ClN3O4. The number of aromatic nitrogens is 2. The first kappa shape index (κ1) is 17.4. The molecule has 2 aromatic rings. The summed E-state index contributed by atoms with van der Waals surface area (Å²) in [4.78, 5) is 28.7. The fourth-order valence-corrected chi connectivity index (χ4v) is 2.98. The van der Waals surface area contributed by atoms with Gasteiger partial charge in [-0.15, -0.1) is 6.58 Å². The van der Waals surface area contributed by atoms with Gasteiger partial charge in [-0.2, -0.15) is 4.98 Å². The van der Waals surface area contributed by atoms with E-state index in [2.05, 4.69) is 16.9 Å². The summed E-state index contributed by atoms with van der Waals surface area (Å²) in [6, 6.07) is 4.66. The average molecular weight is 364 g/mol. The topological polar surface area (TPSA) is 82.4 Å². The number of rotatable bonds is 5. The van der Waals surface area contributed by atoms with E-state index in [0.29, 0.717) is 28.9 Å². The number of nitrogens with one attached hydrogen (secondary N) is 1. The fourth-order valence-electron chi connectivity index (χ4n) is 2.82. The van der Waals surface area contributed by atoms with Gasteiger partial charge in [0.1, 0.15) is 12.1 Å². The van der Waals surface area contributed by atoms with Crippen LogP contribution in [0.1, 0.15) is 6.42 Å². The molecular weight excluding hydrogens is 346 g/mol. The van der Waals surface area contributed by atoms with Crippen LogP contribution in [-0.4, -0.2) is 41.3 Å².